The van der Waals surface area contributed by atoms with Crippen LogP contribution < -0.4 is 5.32 Å². The number of β-lactam (4-membered cyclic amide) rings is 1. The average molecular weight is 245 g/mol. The summed E-state index contributed by atoms with van der Waals surface area (Å²) >= 11 is 0. The lowest BCUT2D eigenvalue weighted by Crippen LogP contribution is -2.69. The van der Waals surface area contributed by atoms with Gasteiger partial charge in [-0.1, -0.05) is 30.3 Å². The van der Waals surface area contributed by atoms with Gasteiger partial charge in [0.25, 0.3) is 0 Å². The van der Waals surface area contributed by atoms with E-state index >= 15 is 0 Å². The van der Waals surface area contributed by atoms with Crippen molar-refractivity contribution in [2.24, 2.45) is 0 Å². The fourth-order valence-corrected chi connectivity index (χ4v) is 1.92. The van der Waals surface area contributed by atoms with Gasteiger partial charge in [-0.2, -0.15) is 5.26 Å². The minimum atomic E-state index is -1.30. The smallest absolute Gasteiger partial charge is 0.405 e. The Kier molecular flexibility index (Phi) is 3.15. The molecule has 1 heterocycles. The van der Waals surface area contributed by atoms with E-state index in [0.29, 0.717) is 6.54 Å². The monoisotopic (exact) mass is 245 g/mol. The molecule has 2 amide bonds. The minimum Gasteiger partial charge on any atom is -0.465 e. The second kappa shape index (κ2) is 4.75. The number of carbonyl (C=O) groups is 2. The van der Waals surface area contributed by atoms with Crippen LogP contribution in [0.25, 0.3) is 0 Å². The van der Waals surface area contributed by atoms with Gasteiger partial charge in [-0.05, 0) is 5.56 Å². The van der Waals surface area contributed by atoms with Crippen molar-refractivity contribution >= 4 is 12.0 Å². The molecule has 0 aliphatic carbocycles. The van der Waals surface area contributed by atoms with Gasteiger partial charge in [0.2, 0.25) is 5.91 Å². The molecule has 6 nitrogen and oxygen atoms in total. The molecule has 2 rings (SSSR count). The number of nitrogens with one attached hydrogen (secondary N) is 1. The van der Waals surface area contributed by atoms with Crippen LogP contribution in [0.3, 0.4) is 0 Å². The van der Waals surface area contributed by atoms with E-state index < -0.39 is 18.2 Å². The summed E-state index contributed by atoms with van der Waals surface area (Å²) in [5, 5.41) is 19.6. The van der Waals surface area contributed by atoms with Crippen LogP contribution in [0.5, 0.6) is 0 Å². The molecule has 0 saturated carbocycles. The second-order valence-corrected chi connectivity index (χ2v) is 3.95. The maximum atomic E-state index is 11.7. The zero-order valence-corrected chi connectivity index (χ0v) is 9.41. The third kappa shape index (κ3) is 2.11. The highest BCUT2D eigenvalue weighted by Crippen LogP contribution is 2.22. The summed E-state index contributed by atoms with van der Waals surface area (Å²) in [6, 6.07) is 9.48. The third-order valence-electron chi connectivity index (χ3n) is 2.81. The lowest BCUT2D eigenvalue weighted by Gasteiger charge is -2.42. The van der Waals surface area contributed by atoms with Gasteiger partial charge in [0.05, 0.1) is 6.07 Å². The first kappa shape index (κ1) is 11.9. The molecule has 1 saturated heterocycles. The van der Waals surface area contributed by atoms with Crippen LogP contribution in [0.2, 0.25) is 0 Å². The van der Waals surface area contributed by atoms with Crippen molar-refractivity contribution < 1.29 is 14.7 Å². The number of nitrogens with zero attached hydrogens (tertiary/aromatic N) is 2. The number of likely N-dealkylation sites (tertiary alicyclic amines) is 1. The summed E-state index contributed by atoms with van der Waals surface area (Å²) in [6.45, 7) is 0.315. The molecule has 1 aliphatic heterocycles. The molecule has 6 heteroatoms. The third-order valence-corrected chi connectivity index (χ3v) is 2.81. The Labute approximate surface area is 103 Å². The molecular formula is C12H11N3O3. The first-order valence-electron chi connectivity index (χ1n) is 5.37. The van der Waals surface area contributed by atoms with E-state index in [0.717, 1.165) is 5.56 Å². The van der Waals surface area contributed by atoms with Crippen molar-refractivity contribution in [2.45, 2.75) is 18.6 Å². The van der Waals surface area contributed by atoms with Crippen LogP contribution >= 0.6 is 0 Å². The molecule has 0 unspecified atom stereocenters. The molecule has 0 radical (unpaired) electrons. The highest BCUT2D eigenvalue weighted by atomic mass is 16.4. The largest absolute Gasteiger partial charge is 0.465 e. The number of carbonyl (C=O) groups excluding carboxylic acids is 1. The Bertz CT molecular complexity index is 509. The number of benzene rings is 1. The van der Waals surface area contributed by atoms with Gasteiger partial charge in [-0.3, -0.25) is 4.79 Å². The van der Waals surface area contributed by atoms with E-state index in [1.807, 2.05) is 41.7 Å². The van der Waals surface area contributed by atoms with E-state index in [9.17, 15) is 9.59 Å². The maximum Gasteiger partial charge on any atom is 0.405 e. The zero-order valence-electron chi connectivity index (χ0n) is 9.41. The summed E-state index contributed by atoms with van der Waals surface area (Å²) in [4.78, 5) is 23.6. The predicted molar refractivity (Wildman–Crippen MR) is 61.3 cm³/mol. The molecule has 1 aromatic rings. The number of rotatable bonds is 3. The van der Waals surface area contributed by atoms with Crippen molar-refractivity contribution in [3.05, 3.63) is 35.9 Å². The SMILES string of the molecule is N#C[C@@H]1[C@H](NC(=O)O)C(=O)N1Cc1ccccc1. The summed E-state index contributed by atoms with van der Waals surface area (Å²) in [6.07, 6.45) is -1.30. The van der Waals surface area contributed by atoms with Gasteiger partial charge in [-0.25, -0.2) is 4.79 Å². The molecule has 92 valence electrons. The van der Waals surface area contributed by atoms with Crippen molar-refractivity contribution in [1.29, 1.82) is 5.26 Å². The van der Waals surface area contributed by atoms with E-state index in [1.165, 1.54) is 4.90 Å². The van der Waals surface area contributed by atoms with Crippen LogP contribution in [0, 0.1) is 11.3 Å². The van der Waals surface area contributed by atoms with Gasteiger partial charge in [0.15, 0.2) is 0 Å². The highest BCUT2D eigenvalue weighted by molar-refractivity contribution is 5.93. The number of hydrogen-bond acceptors (Lipinski definition) is 3. The van der Waals surface area contributed by atoms with Gasteiger partial charge in [0.1, 0.15) is 12.1 Å². The minimum absolute atomic E-state index is 0.315. The molecule has 18 heavy (non-hydrogen) atoms. The zero-order chi connectivity index (χ0) is 13.1. The van der Waals surface area contributed by atoms with E-state index in [4.69, 9.17) is 10.4 Å². The molecule has 1 aliphatic rings. The summed E-state index contributed by atoms with van der Waals surface area (Å²) in [5.74, 6) is -0.368. The van der Waals surface area contributed by atoms with Crippen LogP contribution in [-0.2, 0) is 11.3 Å². The molecule has 2 N–H and O–H groups in total. The molecular weight excluding hydrogens is 234 g/mol. The predicted octanol–water partition coefficient (Wildman–Crippen LogP) is 0.557. The van der Waals surface area contributed by atoms with Crippen molar-refractivity contribution in [3.63, 3.8) is 0 Å². The lowest BCUT2D eigenvalue weighted by atomic mass is 9.95. The highest BCUT2D eigenvalue weighted by Gasteiger charge is 2.48. The molecule has 0 spiro atoms. The van der Waals surface area contributed by atoms with Crippen LogP contribution in [0.1, 0.15) is 5.56 Å². The van der Waals surface area contributed by atoms with Crippen LogP contribution in [0.4, 0.5) is 4.79 Å². The average Bonchev–Trinajstić information content (AvgIpc) is 2.37. The maximum absolute atomic E-state index is 11.7. The summed E-state index contributed by atoms with van der Waals surface area (Å²) in [5.41, 5.74) is 0.903. The van der Waals surface area contributed by atoms with Crippen LogP contribution in [-0.4, -0.2) is 34.1 Å². The topological polar surface area (TPSA) is 93.4 Å². The molecule has 1 fully saturated rings. The Morgan fingerprint density at radius 1 is 1.44 bits per heavy atom. The Morgan fingerprint density at radius 3 is 2.67 bits per heavy atom. The normalized spacial score (nSPS) is 21.9. The Hall–Kier alpha value is -2.55. The molecule has 2 atom stereocenters. The molecule has 0 bridgehead atoms. The standard InChI is InChI=1S/C12H11N3O3/c13-6-9-10(14-12(17)18)11(16)15(9)7-8-4-2-1-3-5-8/h1-5,9-10,14H,7H2,(H,17,18)/t9-,10+/m1/s1. The van der Waals surface area contributed by atoms with Crippen LogP contribution in [0.15, 0.2) is 30.3 Å². The Morgan fingerprint density at radius 2 is 2.11 bits per heavy atom. The van der Waals surface area contributed by atoms with Crippen molar-refractivity contribution in [2.75, 3.05) is 0 Å². The Balaban J connectivity index is 2.05. The quantitative estimate of drug-likeness (QED) is 0.761. The fourth-order valence-electron chi connectivity index (χ4n) is 1.92. The van der Waals surface area contributed by atoms with E-state index in [-0.39, 0.29) is 5.91 Å². The lowest BCUT2D eigenvalue weighted by molar-refractivity contribution is -0.148. The number of hydrogen-bond donors (Lipinski definition) is 2. The van der Waals surface area contributed by atoms with Crippen molar-refractivity contribution in [1.82, 2.24) is 10.2 Å². The summed E-state index contributed by atoms with van der Waals surface area (Å²) < 4.78 is 0. The van der Waals surface area contributed by atoms with Gasteiger partial charge < -0.3 is 15.3 Å². The second-order valence-electron chi connectivity index (χ2n) is 3.95. The first-order valence-corrected chi connectivity index (χ1v) is 5.37. The molecule has 0 aromatic heterocycles. The van der Waals surface area contributed by atoms with Gasteiger partial charge in [0, 0.05) is 6.54 Å². The van der Waals surface area contributed by atoms with Gasteiger partial charge in [-0.15, -0.1) is 0 Å². The van der Waals surface area contributed by atoms with E-state index in [1.54, 1.807) is 0 Å². The summed E-state index contributed by atoms with van der Waals surface area (Å²) in [7, 11) is 0. The van der Waals surface area contributed by atoms with E-state index in [2.05, 4.69) is 0 Å². The van der Waals surface area contributed by atoms with Crippen molar-refractivity contribution in [3.8, 4) is 6.07 Å². The fraction of sp³-hybridized carbons (Fsp3) is 0.250. The first-order chi connectivity index (χ1) is 8.63. The molecule has 1 aromatic carbocycles. The van der Waals surface area contributed by atoms with Gasteiger partial charge >= 0.3 is 6.09 Å². The number of amides is 2. The number of carboxylic acid groups (broad SMARTS) is 1. The number of nitriles is 1.